The predicted octanol–water partition coefficient (Wildman–Crippen LogP) is 6.70. The lowest BCUT2D eigenvalue weighted by molar-refractivity contribution is 0.415. The van der Waals surface area contributed by atoms with Gasteiger partial charge in [0.2, 0.25) is 0 Å². The molecule has 0 spiro atoms. The molecule has 2 aromatic carbocycles. The molecule has 0 saturated carbocycles. The molecule has 2 heteroatoms. The molecular formula is C23H28O2. The van der Waals surface area contributed by atoms with Crippen molar-refractivity contribution in [3.05, 3.63) is 53.8 Å². The monoisotopic (exact) mass is 336 g/mol. The van der Waals surface area contributed by atoms with Crippen LogP contribution in [0.5, 0.6) is 5.75 Å². The first-order valence-corrected chi connectivity index (χ1v) is 8.84. The first kappa shape index (κ1) is 17.6. The van der Waals surface area contributed by atoms with Crippen molar-refractivity contribution in [1.29, 1.82) is 0 Å². The van der Waals surface area contributed by atoms with Crippen LogP contribution in [-0.4, -0.2) is 7.11 Å². The number of furan rings is 1. The van der Waals surface area contributed by atoms with Crippen molar-refractivity contribution in [2.75, 3.05) is 7.11 Å². The van der Waals surface area contributed by atoms with Gasteiger partial charge in [-0.2, -0.15) is 0 Å². The number of fused-ring (bicyclic) bond motifs is 1. The van der Waals surface area contributed by atoms with E-state index in [2.05, 4.69) is 71.9 Å². The van der Waals surface area contributed by atoms with E-state index in [1.807, 2.05) is 12.1 Å². The SMILES string of the molecule is COc1ccc(-c2c(C(C)(C)C)oc3cccc(C(C)(C)C)c23)cc1. The van der Waals surface area contributed by atoms with Gasteiger partial charge < -0.3 is 9.15 Å². The lowest BCUT2D eigenvalue weighted by atomic mass is 9.81. The highest BCUT2D eigenvalue weighted by atomic mass is 16.5. The van der Waals surface area contributed by atoms with Crippen molar-refractivity contribution in [3.63, 3.8) is 0 Å². The molecule has 3 rings (SSSR count). The zero-order chi connectivity index (χ0) is 18.4. The summed E-state index contributed by atoms with van der Waals surface area (Å²) in [7, 11) is 1.69. The second-order valence-corrected chi connectivity index (χ2v) is 8.71. The van der Waals surface area contributed by atoms with Crippen LogP contribution >= 0.6 is 0 Å². The van der Waals surface area contributed by atoms with E-state index >= 15 is 0 Å². The number of benzene rings is 2. The summed E-state index contributed by atoms with van der Waals surface area (Å²) in [5.74, 6) is 1.90. The minimum absolute atomic E-state index is 0.0414. The average molecular weight is 336 g/mol. The van der Waals surface area contributed by atoms with Gasteiger partial charge in [0, 0.05) is 16.4 Å². The molecule has 3 aromatic rings. The summed E-state index contributed by atoms with van der Waals surface area (Å²) in [6.45, 7) is 13.4. The second-order valence-electron chi connectivity index (χ2n) is 8.71. The first-order valence-electron chi connectivity index (χ1n) is 8.84. The minimum Gasteiger partial charge on any atom is -0.497 e. The highest BCUT2D eigenvalue weighted by molar-refractivity contribution is 5.99. The van der Waals surface area contributed by atoms with Gasteiger partial charge in [-0.25, -0.2) is 0 Å². The van der Waals surface area contributed by atoms with E-state index < -0.39 is 0 Å². The quantitative estimate of drug-likeness (QED) is 0.519. The molecule has 132 valence electrons. The van der Waals surface area contributed by atoms with Gasteiger partial charge >= 0.3 is 0 Å². The van der Waals surface area contributed by atoms with Gasteiger partial charge in [-0.15, -0.1) is 0 Å². The molecule has 2 nitrogen and oxygen atoms in total. The van der Waals surface area contributed by atoms with Gasteiger partial charge in [-0.05, 0) is 34.7 Å². The van der Waals surface area contributed by atoms with Gasteiger partial charge in [-0.1, -0.05) is 65.8 Å². The summed E-state index contributed by atoms with van der Waals surface area (Å²) in [6.07, 6.45) is 0. The number of methoxy groups -OCH3 is 1. The minimum atomic E-state index is -0.0799. The van der Waals surface area contributed by atoms with Gasteiger partial charge in [-0.3, -0.25) is 0 Å². The standard InChI is InChI=1S/C23H28O2/c1-22(2,3)17-9-8-10-18-20(17)19(21(25-18)23(4,5)6)15-11-13-16(24-7)14-12-15/h8-14H,1-7H3. The molecule has 0 bridgehead atoms. The lowest BCUT2D eigenvalue weighted by Crippen LogP contribution is -2.13. The van der Waals surface area contributed by atoms with E-state index in [1.165, 1.54) is 22.1 Å². The average Bonchev–Trinajstić information content (AvgIpc) is 2.93. The maximum atomic E-state index is 6.38. The summed E-state index contributed by atoms with van der Waals surface area (Å²) in [4.78, 5) is 0. The molecule has 0 aliphatic rings. The topological polar surface area (TPSA) is 22.4 Å². The Morgan fingerprint density at radius 3 is 1.96 bits per heavy atom. The molecule has 0 aliphatic carbocycles. The van der Waals surface area contributed by atoms with Crippen LogP contribution in [0.1, 0.15) is 52.9 Å². The van der Waals surface area contributed by atoms with Crippen molar-refractivity contribution in [1.82, 2.24) is 0 Å². The maximum Gasteiger partial charge on any atom is 0.135 e. The van der Waals surface area contributed by atoms with E-state index in [4.69, 9.17) is 9.15 Å². The summed E-state index contributed by atoms with van der Waals surface area (Å²) in [5.41, 5.74) is 4.61. The van der Waals surface area contributed by atoms with Crippen molar-refractivity contribution < 1.29 is 9.15 Å². The van der Waals surface area contributed by atoms with Crippen LogP contribution < -0.4 is 4.74 Å². The largest absolute Gasteiger partial charge is 0.497 e. The maximum absolute atomic E-state index is 6.38. The fraction of sp³-hybridized carbons (Fsp3) is 0.391. The second kappa shape index (κ2) is 5.94. The van der Waals surface area contributed by atoms with Crippen LogP contribution in [0.15, 0.2) is 46.9 Å². The Morgan fingerprint density at radius 1 is 0.800 bits per heavy atom. The van der Waals surface area contributed by atoms with Crippen LogP contribution in [0, 0.1) is 0 Å². The Hall–Kier alpha value is -2.22. The highest BCUT2D eigenvalue weighted by Crippen LogP contribution is 2.44. The Balaban J connectivity index is 2.40. The molecule has 0 fully saturated rings. The first-order chi connectivity index (χ1) is 11.6. The van der Waals surface area contributed by atoms with E-state index in [0.29, 0.717) is 0 Å². The molecular weight excluding hydrogens is 308 g/mol. The summed E-state index contributed by atoms with van der Waals surface area (Å²) < 4.78 is 11.7. The molecule has 0 N–H and O–H groups in total. The molecule has 0 amide bonds. The summed E-state index contributed by atoms with van der Waals surface area (Å²) >= 11 is 0. The number of hydrogen-bond donors (Lipinski definition) is 0. The fourth-order valence-corrected chi connectivity index (χ4v) is 3.33. The molecule has 0 radical (unpaired) electrons. The van der Waals surface area contributed by atoms with Gasteiger partial charge in [0.1, 0.15) is 17.1 Å². The van der Waals surface area contributed by atoms with Crippen LogP contribution in [0.2, 0.25) is 0 Å². The van der Waals surface area contributed by atoms with Crippen molar-refractivity contribution in [2.45, 2.75) is 52.4 Å². The lowest BCUT2D eigenvalue weighted by Gasteiger charge is -2.22. The molecule has 25 heavy (non-hydrogen) atoms. The van der Waals surface area contributed by atoms with E-state index in [9.17, 15) is 0 Å². The van der Waals surface area contributed by atoms with E-state index in [-0.39, 0.29) is 10.8 Å². The van der Waals surface area contributed by atoms with Gasteiger partial charge in [0.25, 0.3) is 0 Å². The van der Waals surface area contributed by atoms with Crippen LogP contribution in [0.4, 0.5) is 0 Å². The number of hydrogen-bond acceptors (Lipinski definition) is 2. The Bertz CT molecular complexity index is 885. The van der Waals surface area contributed by atoms with Crippen molar-refractivity contribution in [3.8, 4) is 16.9 Å². The molecule has 0 aliphatic heterocycles. The summed E-state index contributed by atoms with van der Waals surface area (Å²) in [6, 6.07) is 14.7. The zero-order valence-electron chi connectivity index (χ0n) is 16.4. The van der Waals surface area contributed by atoms with Crippen molar-refractivity contribution in [2.24, 2.45) is 0 Å². The van der Waals surface area contributed by atoms with Gasteiger partial charge in [0.05, 0.1) is 7.11 Å². The molecule has 0 unspecified atom stereocenters. The molecule has 0 saturated heterocycles. The number of rotatable bonds is 2. The predicted molar refractivity (Wildman–Crippen MR) is 106 cm³/mol. The third kappa shape index (κ3) is 3.18. The third-order valence-corrected chi connectivity index (χ3v) is 4.58. The normalized spacial score (nSPS) is 12.6. The van der Waals surface area contributed by atoms with Crippen LogP contribution in [0.3, 0.4) is 0 Å². The molecule has 1 heterocycles. The fourth-order valence-electron chi connectivity index (χ4n) is 3.33. The van der Waals surface area contributed by atoms with E-state index in [0.717, 1.165) is 17.1 Å². The third-order valence-electron chi connectivity index (χ3n) is 4.58. The Kier molecular flexibility index (Phi) is 4.18. The highest BCUT2D eigenvalue weighted by Gasteiger charge is 2.29. The van der Waals surface area contributed by atoms with Crippen molar-refractivity contribution >= 4 is 11.0 Å². The Morgan fingerprint density at radius 2 is 1.44 bits per heavy atom. The molecule has 1 aromatic heterocycles. The van der Waals surface area contributed by atoms with Gasteiger partial charge in [0.15, 0.2) is 0 Å². The smallest absolute Gasteiger partial charge is 0.135 e. The zero-order valence-corrected chi connectivity index (χ0v) is 16.4. The number of ether oxygens (including phenoxy) is 1. The van der Waals surface area contributed by atoms with Crippen LogP contribution in [-0.2, 0) is 10.8 Å². The van der Waals surface area contributed by atoms with Crippen LogP contribution in [0.25, 0.3) is 22.1 Å². The molecule has 0 atom stereocenters. The van der Waals surface area contributed by atoms with E-state index in [1.54, 1.807) is 7.11 Å². The Labute approximate surface area is 150 Å². The summed E-state index contributed by atoms with van der Waals surface area (Å²) in [5, 5.41) is 1.23.